The number of carboxylic acid groups (broad SMARTS) is 2. The van der Waals surface area contributed by atoms with E-state index >= 15 is 0 Å². The Bertz CT molecular complexity index is 2960. The molecule has 0 radical (unpaired) electrons. The number of nitrogens with zero attached hydrogens (tertiary/aromatic N) is 5. The molecule has 2 aliphatic rings. The maximum atomic E-state index is 13.8. The summed E-state index contributed by atoms with van der Waals surface area (Å²) in [5.41, 5.74) is -1.97. The molecule has 0 aliphatic carbocycles. The molecule has 2 aliphatic heterocycles. The van der Waals surface area contributed by atoms with E-state index in [1.165, 1.54) is 12.2 Å². The number of carboxylic acids is 2. The van der Waals surface area contributed by atoms with Crippen molar-refractivity contribution in [2.75, 3.05) is 41.4 Å². The maximum absolute atomic E-state index is 13.8. The molecule has 2 aromatic carbocycles. The number of allylic oxidation sites excluding steroid dienone is 1. The minimum absolute atomic E-state index is 0.0366. The van der Waals surface area contributed by atoms with Gasteiger partial charge >= 0.3 is 11.9 Å². The largest absolute Gasteiger partial charge is 0.748 e. The van der Waals surface area contributed by atoms with Crippen molar-refractivity contribution < 1.29 is 59.7 Å². The summed E-state index contributed by atoms with van der Waals surface area (Å²) in [4.78, 5) is 79.6. The number of amides is 2. The zero-order chi connectivity index (χ0) is 40.9. The summed E-state index contributed by atoms with van der Waals surface area (Å²) in [5, 5.41) is 19.4. The Balaban J connectivity index is 1.60. The van der Waals surface area contributed by atoms with Crippen LogP contribution in [0.3, 0.4) is 0 Å². The summed E-state index contributed by atoms with van der Waals surface area (Å²) in [6.07, 6.45) is 2.50. The first-order chi connectivity index (χ1) is 26.3. The number of oxazole rings is 1. The van der Waals surface area contributed by atoms with Crippen LogP contribution in [-0.2, 0) is 47.7 Å². The highest BCUT2D eigenvalue weighted by Crippen LogP contribution is 2.45. The Hall–Kier alpha value is -5.53. The standard InChI is InChI=1S/C32H29N5O15S4/c1-33-21(34(11-4-13-55(46,47)48)19-8-7-17-5-2-3-6-18(17)24(19)33)10-9-20-27(42)35(12-14-56(49,50)51)30(52-20)25-28(43)36(15-22(38)39)31(53-25)26-29(44)37(16-23(40)41)32(45)54-26/h2-3,5-10H,4,11-16H2,1H3,(H,38,39)(H,40,41)(H,46,47,48)(H,49,50,51)/p-2/b20-9?,21-10?,30-25+,31-26+. The van der Waals surface area contributed by atoms with Crippen LogP contribution in [0.4, 0.5) is 16.2 Å². The van der Waals surface area contributed by atoms with E-state index in [-0.39, 0.29) is 24.7 Å². The lowest BCUT2D eigenvalue weighted by Gasteiger charge is -2.23. The van der Waals surface area contributed by atoms with Crippen molar-refractivity contribution in [3.8, 4) is 0 Å². The van der Waals surface area contributed by atoms with Crippen LogP contribution in [0.2, 0.25) is 0 Å². The minimum atomic E-state index is -4.96. The molecule has 4 heterocycles. The molecule has 0 bridgehead atoms. The van der Waals surface area contributed by atoms with E-state index < -0.39 is 111 Å². The fourth-order valence-corrected chi connectivity index (χ4v) is 9.15. The highest BCUT2D eigenvalue weighted by molar-refractivity contribution is 8.23. The van der Waals surface area contributed by atoms with Gasteiger partial charge in [-0.05, 0) is 41.8 Å². The Kier molecular flexibility index (Phi) is 10.9. The normalized spacial score (nSPS) is 17.5. The summed E-state index contributed by atoms with van der Waals surface area (Å²) in [6, 6.07) is 11.0. The molecule has 56 heavy (non-hydrogen) atoms. The van der Waals surface area contributed by atoms with Crippen LogP contribution in [0.1, 0.15) is 6.42 Å². The Morgan fingerprint density at radius 3 is 2.18 bits per heavy atom. The highest BCUT2D eigenvalue weighted by atomic mass is 32.2. The molecule has 1 saturated heterocycles. The number of anilines is 2. The first-order valence-corrected chi connectivity index (χ1v) is 20.8. The van der Waals surface area contributed by atoms with Crippen molar-refractivity contribution in [2.45, 2.75) is 19.5 Å². The van der Waals surface area contributed by atoms with E-state index in [4.69, 9.17) is 9.52 Å². The van der Waals surface area contributed by atoms with E-state index in [2.05, 4.69) is 0 Å². The fraction of sp³-hybridized carbons (Fsp3) is 0.250. The number of carbonyl (C=O) groups excluding carboxylic acids is 2. The van der Waals surface area contributed by atoms with Crippen LogP contribution in [-0.4, -0.2) is 105 Å². The number of hydrogen-bond donors (Lipinski definition) is 2. The van der Waals surface area contributed by atoms with Crippen LogP contribution in [0.25, 0.3) is 21.8 Å². The lowest BCUT2D eigenvalue weighted by Crippen LogP contribution is -2.35. The number of thioether (sulfide) groups is 1. The smallest absolute Gasteiger partial charge is 0.323 e. The van der Waals surface area contributed by atoms with Gasteiger partial charge in [-0.3, -0.25) is 42.8 Å². The molecule has 6 rings (SSSR count). The predicted molar refractivity (Wildman–Crippen MR) is 198 cm³/mol. The number of imide groups is 1. The second-order valence-electron chi connectivity index (χ2n) is 12.2. The van der Waals surface area contributed by atoms with Crippen molar-refractivity contribution in [2.24, 2.45) is 0 Å². The Morgan fingerprint density at radius 1 is 0.839 bits per heavy atom. The Labute approximate surface area is 322 Å². The fourth-order valence-electron chi connectivity index (χ4n) is 6.12. The zero-order valence-electron chi connectivity index (χ0n) is 28.6. The minimum Gasteiger partial charge on any atom is -0.748 e. The summed E-state index contributed by atoms with van der Waals surface area (Å²) >= 11 is 0.644. The number of hydrogen-bond acceptors (Lipinski definition) is 17. The van der Waals surface area contributed by atoms with Gasteiger partial charge in [0.05, 0.1) is 37.4 Å². The lowest BCUT2D eigenvalue weighted by molar-refractivity contribution is -0.140. The average Bonchev–Trinajstić information content (AvgIpc) is 3.77. The first-order valence-electron chi connectivity index (χ1n) is 16.0. The number of carbonyl (C=O) groups is 4. The van der Waals surface area contributed by atoms with Gasteiger partial charge < -0.3 is 33.5 Å². The van der Waals surface area contributed by atoms with Gasteiger partial charge in [-0.1, -0.05) is 30.3 Å². The third-order valence-corrected chi connectivity index (χ3v) is 12.2. The summed E-state index contributed by atoms with van der Waals surface area (Å²) in [5.74, 6) is -5.68. The zero-order valence-corrected chi connectivity index (χ0v) is 31.9. The first kappa shape index (κ1) is 40.1. The third-order valence-electron chi connectivity index (χ3n) is 8.47. The molecule has 0 unspecified atom stereocenters. The third kappa shape index (κ3) is 8.05. The van der Waals surface area contributed by atoms with Gasteiger partial charge in [0.25, 0.3) is 22.3 Å². The van der Waals surface area contributed by atoms with Gasteiger partial charge in [0, 0.05) is 31.3 Å². The van der Waals surface area contributed by atoms with Gasteiger partial charge in [0.1, 0.15) is 28.5 Å². The van der Waals surface area contributed by atoms with Crippen molar-refractivity contribution in [1.29, 1.82) is 0 Å². The molecule has 2 aromatic heterocycles. The molecule has 2 N–H and O–H groups in total. The van der Waals surface area contributed by atoms with Crippen molar-refractivity contribution >= 4 is 99.5 Å². The number of aromatic nitrogens is 2. The highest BCUT2D eigenvalue weighted by Gasteiger charge is 2.38. The van der Waals surface area contributed by atoms with Gasteiger partial charge in [-0.15, -0.1) is 11.3 Å². The van der Waals surface area contributed by atoms with Crippen molar-refractivity contribution in [1.82, 2.24) is 14.0 Å². The van der Waals surface area contributed by atoms with Crippen LogP contribution in [0.15, 0.2) is 62.3 Å². The molecule has 296 valence electrons. The number of thiazole rings is 1. The molecule has 4 aromatic rings. The van der Waals surface area contributed by atoms with Gasteiger partial charge in [-0.25, -0.2) is 16.8 Å². The van der Waals surface area contributed by atoms with Crippen LogP contribution >= 0.6 is 23.1 Å². The molecule has 0 spiro atoms. The summed E-state index contributed by atoms with van der Waals surface area (Å²) in [7, 11) is -7.83. The SMILES string of the molecule is CN1C(=CC=c2o/c(=c3/s/c(=C4/SC(=O)N(CC(=O)O)C4=O)n(CC(=O)O)c3=O)n(CCS(=O)(=O)[O-])c2=O)N(CCCS(=O)(=O)[O-])c2ccc3ccccc3c21. The monoisotopic (exact) mass is 849 g/mol. The van der Waals surface area contributed by atoms with Crippen LogP contribution in [0, 0.1) is 10.1 Å². The number of aliphatic carboxylic acids is 2. The molecule has 2 amide bonds. The summed E-state index contributed by atoms with van der Waals surface area (Å²) < 4.78 is 75.3. The van der Waals surface area contributed by atoms with E-state index in [0.29, 0.717) is 42.6 Å². The van der Waals surface area contributed by atoms with Gasteiger partial charge in [0.2, 0.25) is 5.55 Å². The van der Waals surface area contributed by atoms with E-state index in [0.717, 1.165) is 10.8 Å². The van der Waals surface area contributed by atoms with Gasteiger partial charge in [0.15, 0.2) is 9.95 Å². The van der Waals surface area contributed by atoms with Crippen molar-refractivity contribution in [3.63, 3.8) is 0 Å². The van der Waals surface area contributed by atoms with E-state index in [9.17, 15) is 59.8 Å². The summed E-state index contributed by atoms with van der Waals surface area (Å²) in [6.45, 7) is -2.89. The molecule has 20 nitrogen and oxygen atoms in total. The second kappa shape index (κ2) is 15.2. The van der Waals surface area contributed by atoms with Crippen LogP contribution in [0.5, 0.6) is 0 Å². The lowest BCUT2D eigenvalue weighted by atomic mass is 10.1. The Morgan fingerprint density at radius 2 is 1.52 bits per heavy atom. The predicted octanol–water partition coefficient (Wildman–Crippen LogP) is -0.864. The van der Waals surface area contributed by atoms with Crippen LogP contribution < -0.4 is 31.0 Å². The van der Waals surface area contributed by atoms with Crippen molar-refractivity contribution in [3.05, 3.63) is 89.2 Å². The molecule has 1 fully saturated rings. The average molecular weight is 850 g/mol. The van der Waals surface area contributed by atoms with Gasteiger partial charge in [-0.2, -0.15) is 0 Å². The second-order valence-corrected chi connectivity index (χ2v) is 17.2. The molecule has 0 saturated carbocycles. The molecular formula is C32H27N5O15S4-2. The number of fused-ring (bicyclic) bond motifs is 3. The molecular weight excluding hydrogens is 823 g/mol. The van der Waals surface area contributed by atoms with E-state index in [1.807, 2.05) is 30.3 Å². The number of benzene rings is 2. The topological polar surface area (TPSA) is 290 Å². The maximum Gasteiger partial charge on any atom is 0.323 e. The quantitative estimate of drug-likeness (QED) is 0.164. The molecule has 0 atom stereocenters. The number of rotatable bonds is 12. The molecule has 24 heteroatoms. The van der Waals surface area contributed by atoms with E-state index in [1.54, 1.807) is 22.9 Å².